The molecule has 3 heterocycles. The monoisotopic (exact) mass is 380 g/mol. The Balaban J connectivity index is 1.49. The third kappa shape index (κ3) is 4.12. The number of fused-ring (bicyclic) bond motifs is 1. The minimum absolute atomic E-state index is 0.0158. The summed E-state index contributed by atoms with van der Waals surface area (Å²) in [7, 11) is 1.90. The number of ketones is 1. The van der Waals surface area contributed by atoms with E-state index in [0.717, 1.165) is 40.6 Å². The molecule has 2 atom stereocenters. The predicted octanol–water partition coefficient (Wildman–Crippen LogP) is 3.43. The van der Waals surface area contributed by atoms with E-state index in [4.69, 9.17) is 0 Å². The number of halogens is 1. The summed E-state index contributed by atoms with van der Waals surface area (Å²) in [6, 6.07) is 8.22. The van der Waals surface area contributed by atoms with Crippen molar-refractivity contribution < 1.29 is 9.18 Å². The number of rotatable bonds is 6. The highest BCUT2D eigenvalue weighted by Gasteiger charge is 2.28. The van der Waals surface area contributed by atoms with Crippen molar-refractivity contribution >= 4 is 16.6 Å². The Hall–Kier alpha value is -2.60. The number of aryl methyl sites for hydroxylation is 1. The van der Waals surface area contributed by atoms with Crippen molar-refractivity contribution in [2.24, 2.45) is 13.0 Å². The second-order valence-corrected chi connectivity index (χ2v) is 7.81. The second kappa shape index (κ2) is 7.80. The molecule has 4 rings (SSSR count). The molecule has 0 N–H and O–H groups in total. The van der Waals surface area contributed by atoms with Gasteiger partial charge in [-0.2, -0.15) is 5.10 Å². The molecule has 0 spiro atoms. The first-order valence-corrected chi connectivity index (χ1v) is 9.75. The molecule has 2 aromatic heterocycles. The van der Waals surface area contributed by atoms with Gasteiger partial charge in [0.2, 0.25) is 0 Å². The van der Waals surface area contributed by atoms with Crippen molar-refractivity contribution in [3.05, 3.63) is 48.5 Å². The van der Waals surface area contributed by atoms with Gasteiger partial charge in [0.05, 0.1) is 6.20 Å². The van der Waals surface area contributed by atoms with E-state index >= 15 is 0 Å². The van der Waals surface area contributed by atoms with Gasteiger partial charge in [-0.25, -0.2) is 4.39 Å². The first-order valence-electron chi connectivity index (χ1n) is 9.75. The van der Waals surface area contributed by atoms with E-state index in [-0.39, 0.29) is 11.7 Å². The summed E-state index contributed by atoms with van der Waals surface area (Å²) in [4.78, 5) is 19.2. The van der Waals surface area contributed by atoms with E-state index in [1.807, 2.05) is 42.7 Å². The van der Waals surface area contributed by atoms with E-state index in [1.165, 1.54) is 0 Å². The number of hydrogen-bond acceptors (Lipinski definition) is 4. The second-order valence-electron chi connectivity index (χ2n) is 7.81. The minimum atomic E-state index is -0.856. The van der Waals surface area contributed by atoms with Crippen LogP contribution >= 0.6 is 0 Å². The molecule has 1 aromatic carbocycles. The molecule has 0 bridgehead atoms. The van der Waals surface area contributed by atoms with Crippen LogP contribution in [0.25, 0.3) is 21.9 Å². The molecule has 1 saturated heterocycles. The molecule has 2 unspecified atom stereocenters. The predicted molar refractivity (Wildman–Crippen MR) is 108 cm³/mol. The molecular weight excluding hydrogens is 355 g/mol. The number of alkyl halides is 1. The lowest BCUT2D eigenvalue weighted by Crippen LogP contribution is -2.28. The molecule has 0 saturated carbocycles. The minimum Gasteiger partial charge on any atom is -0.300 e. The van der Waals surface area contributed by atoms with Crippen LogP contribution in [0.5, 0.6) is 0 Å². The van der Waals surface area contributed by atoms with Crippen molar-refractivity contribution in [3.8, 4) is 11.1 Å². The van der Waals surface area contributed by atoms with Crippen LogP contribution in [0.1, 0.15) is 19.0 Å². The van der Waals surface area contributed by atoms with Gasteiger partial charge in [-0.1, -0.05) is 12.1 Å². The summed E-state index contributed by atoms with van der Waals surface area (Å²) in [5.41, 5.74) is 2.95. The van der Waals surface area contributed by atoms with E-state index in [9.17, 15) is 9.18 Å². The zero-order valence-electron chi connectivity index (χ0n) is 16.3. The van der Waals surface area contributed by atoms with E-state index in [1.54, 1.807) is 11.6 Å². The molecule has 0 aliphatic carbocycles. The highest BCUT2D eigenvalue weighted by atomic mass is 19.1. The van der Waals surface area contributed by atoms with Crippen molar-refractivity contribution in [1.82, 2.24) is 19.7 Å². The lowest BCUT2D eigenvalue weighted by atomic mass is 9.98. The number of carbonyl (C=O) groups excluding carboxylic acids is 1. The number of nitrogens with zero attached hydrogens (tertiary/aromatic N) is 4. The lowest BCUT2D eigenvalue weighted by Gasteiger charge is -2.16. The molecule has 3 aromatic rings. The number of benzene rings is 1. The van der Waals surface area contributed by atoms with Crippen molar-refractivity contribution in [1.29, 1.82) is 0 Å². The smallest absolute Gasteiger partial charge is 0.143 e. The van der Waals surface area contributed by atoms with Gasteiger partial charge in [0.1, 0.15) is 12.0 Å². The van der Waals surface area contributed by atoms with Crippen LogP contribution in [0, 0.1) is 5.92 Å². The number of carbonyl (C=O) groups is 1. The van der Waals surface area contributed by atoms with Gasteiger partial charge in [-0.15, -0.1) is 0 Å². The molecule has 1 aliphatic rings. The molecule has 1 aliphatic heterocycles. The summed E-state index contributed by atoms with van der Waals surface area (Å²) >= 11 is 0. The first-order chi connectivity index (χ1) is 13.5. The molecular formula is C22H25FN4O. The van der Waals surface area contributed by atoms with E-state index in [0.29, 0.717) is 19.5 Å². The van der Waals surface area contributed by atoms with Gasteiger partial charge in [0.25, 0.3) is 0 Å². The fourth-order valence-electron chi connectivity index (χ4n) is 3.97. The quantitative estimate of drug-likeness (QED) is 0.657. The molecule has 6 heteroatoms. The number of pyridine rings is 1. The Kier molecular flexibility index (Phi) is 5.22. The average Bonchev–Trinajstić information content (AvgIpc) is 3.30. The van der Waals surface area contributed by atoms with Crippen molar-refractivity contribution in [2.75, 3.05) is 19.6 Å². The zero-order chi connectivity index (χ0) is 19.7. The van der Waals surface area contributed by atoms with Gasteiger partial charge in [0, 0.05) is 61.5 Å². The van der Waals surface area contributed by atoms with Crippen LogP contribution in [0.3, 0.4) is 0 Å². The standard InChI is InChI=1S/C22H25FN4O/c1-15(23)12-27-6-5-18(14-27)22(28)9-21-8-19-7-16(3-4-17(19)10-24-21)20-11-25-26(2)13-20/h3-4,7-8,10-11,13,15,18H,5-6,9,12,14H2,1-2H3. The first kappa shape index (κ1) is 18.7. The maximum Gasteiger partial charge on any atom is 0.143 e. The van der Waals surface area contributed by atoms with Gasteiger partial charge in [-0.05, 0) is 43.0 Å². The number of aromatic nitrogens is 3. The normalized spacial score (nSPS) is 18.6. The summed E-state index contributed by atoms with van der Waals surface area (Å²) in [6.07, 6.45) is 5.94. The van der Waals surface area contributed by atoms with Crippen LogP contribution in [0.4, 0.5) is 4.39 Å². The summed E-state index contributed by atoms with van der Waals surface area (Å²) in [6.45, 7) is 3.43. The molecule has 0 amide bonds. The third-order valence-corrected chi connectivity index (χ3v) is 5.41. The summed E-state index contributed by atoms with van der Waals surface area (Å²) in [5, 5.41) is 6.35. The van der Waals surface area contributed by atoms with Crippen LogP contribution in [0.2, 0.25) is 0 Å². The maximum atomic E-state index is 13.2. The lowest BCUT2D eigenvalue weighted by molar-refractivity contribution is -0.121. The van der Waals surface area contributed by atoms with Crippen molar-refractivity contribution in [2.45, 2.75) is 25.9 Å². The molecule has 146 valence electrons. The zero-order valence-corrected chi connectivity index (χ0v) is 16.3. The van der Waals surface area contributed by atoms with Crippen molar-refractivity contribution in [3.63, 3.8) is 0 Å². The number of Topliss-reactive ketones (excluding diaryl/α,β-unsaturated/α-hetero) is 1. The van der Waals surface area contributed by atoms with Crippen LogP contribution in [-0.4, -0.2) is 51.3 Å². The number of hydrogen-bond donors (Lipinski definition) is 0. The highest BCUT2D eigenvalue weighted by molar-refractivity contribution is 5.88. The SMILES string of the molecule is CC(F)CN1CCC(C(=O)Cc2cc3cc(-c4cnn(C)c4)ccc3cn2)C1. The maximum absolute atomic E-state index is 13.2. The molecule has 28 heavy (non-hydrogen) atoms. The fraction of sp³-hybridized carbons (Fsp3) is 0.409. The Labute approximate surface area is 164 Å². The molecule has 1 fully saturated rings. The topological polar surface area (TPSA) is 51.0 Å². The fourth-order valence-corrected chi connectivity index (χ4v) is 3.97. The van der Waals surface area contributed by atoms with E-state index < -0.39 is 6.17 Å². The average molecular weight is 380 g/mol. The summed E-state index contributed by atoms with van der Waals surface area (Å²) < 4.78 is 15.0. The third-order valence-electron chi connectivity index (χ3n) is 5.41. The largest absolute Gasteiger partial charge is 0.300 e. The van der Waals surface area contributed by atoms with Crippen LogP contribution in [-0.2, 0) is 18.3 Å². The highest BCUT2D eigenvalue weighted by Crippen LogP contribution is 2.25. The van der Waals surface area contributed by atoms with Gasteiger partial charge < -0.3 is 0 Å². The van der Waals surface area contributed by atoms with E-state index in [2.05, 4.69) is 22.2 Å². The molecule has 0 radical (unpaired) electrons. The summed E-state index contributed by atoms with van der Waals surface area (Å²) in [5.74, 6) is 0.183. The van der Waals surface area contributed by atoms with Gasteiger partial charge in [-0.3, -0.25) is 19.4 Å². The number of likely N-dealkylation sites (tertiary alicyclic amines) is 1. The Morgan fingerprint density at radius 1 is 1.25 bits per heavy atom. The van der Waals surface area contributed by atoms with Gasteiger partial charge in [0.15, 0.2) is 0 Å². The Morgan fingerprint density at radius 2 is 2.11 bits per heavy atom. The Morgan fingerprint density at radius 3 is 2.86 bits per heavy atom. The Bertz CT molecular complexity index is 997. The van der Waals surface area contributed by atoms with Gasteiger partial charge >= 0.3 is 0 Å². The van der Waals surface area contributed by atoms with Crippen LogP contribution < -0.4 is 0 Å². The molecule has 5 nitrogen and oxygen atoms in total. The van der Waals surface area contributed by atoms with Crippen LogP contribution in [0.15, 0.2) is 42.9 Å².